The molecule has 0 N–H and O–H groups in total. The second kappa shape index (κ2) is 8.21. The van der Waals surface area contributed by atoms with Crippen molar-refractivity contribution in [1.29, 1.82) is 0 Å². The Morgan fingerprint density at radius 1 is 0.929 bits per heavy atom. The largest absolute Gasteiger partial charge is 0.366 e. The molecule has 0 radical (unpaired) electrons. The highest BCUT2D eigenvalue weighted by Gasteiger charge is 2.21. The topological polar surface area (TPSA) is 48.4 Å². The van der Waals surface area contributed by atoms with Crippen LogP contribution in [0.25, 0.3) is 0 Å². The summed E-state index contributed by atoms with van der Waals surface area (Å²) in [7, 11) is 0. The average Bonchev–Trinajstić information content (AvgIpc) is 2.76. The van der Waals surface area contributed by atoms with Crippen molar-refractivity contribution in [1.82, 2.24) is 15.2 Å². The van der Waals surface area contributed by atoms with Crippen molar-refractivity contribution in [3.63, 3.8) is 0 Å². The van der Waals surface area contributed by atoms with E-state index in [-0.39, 0.29) is 5.82 Å². The van der Waals surface area contributed by atoms with Gasteiger partial charge in [-0.2, -0.15) is 10.1 Å². The molecule has 1 fully saturated rings. The van der Waals surface area contributed by atoms with Crippen molar-refractivity contribution in [2.75, 3.05) is 47.4 Å². The maximum Gasteiger partial charge on any atom is 0.251 e. The number of halogens is 1. The molecule has 3 aromatic rings. The fourth-order valence-electron chi connectivity index (χ4n) is 3.48. The monoisotopic (exact) mass is 378 g/mol. The molecule has 2 heterocycles. The highest BCUT2D eigenvalue weighted by atomic mass is 19.1. The third kappa shape index (κ3) is 3.74. The van der Waals surface area contributed by atoms with Gasteiger partial charge in [0.15, 0.2) is 5.82 Å². The zero-order valence-corrected chi connectivity index (χ0v) is 15.9. The molecule has 0 aliphatic carbocycles. The van der Waals surface area contributed by atoms with Gasteiger partial charge in [-0.1, -0.05) is 30.3 Å². The number of benzene rings is 2. The van der Waals surface area contributed by atoms with Crippen molar-refractivity contribution < 1.29 is 4.39 Å². The van der Waals surface area contributed by atoms with Crippen LogP contribution < -0.4 is 14.7 Å². The second-order valence-electron chi connectivity index (χ2n) is 6.62. The number of anilines is 4. The van der Waals surface area contributed by atoms with Crippen molar-refractivity contribution in [3.05, 3.63) is 66.6 Å². The minimum absolute atomic E-state index is 0.177. The summed E-state index contributed by atoms with van der Waals surface area (Å²) in [5, 5.41) is 8.41. The third-order valence-electron chi connectivity index (χ3n) is 4.96. The van der Waals surface area contributed by atoms with E-state index in [0.29, 0.717) is 11.6 Å². The van der Waals surface area contributed by atoms with E-state index in [4.69, 9.17) is 4.98 Å². The van der Waals surface area contributed by atoms with Crippen molar-refractivity contribution in [2.45, 2.75) is 6.92 Å². The normalized spacial score (nSPS) is 14.2. The Labute approximate surface area is 164 Å². The number of hydrogen-bond acceptors (Lipinski definition) is 6. The number of rotatable bonds is 5. The fraction of sp³-hybridized carbons (Fsp3) is 0.286. The molecule has 1 aliphatic rings. The first kappa shape index (κ1) is 18.2. The van der Waals surface area contributed by atoms with Crippen molar-refractivity contribution >= 4 is 23.1 Å². The van der Waals surface area contributed by atoms with Crippen molar-refractivity contribution in [2.24, 2.45) is 0 Å². The van der Waals surface area contributed by atoms with Crippen LogP contribution in [-0.2, 0) is 0 Å². The van der Waals surface area contributed by atoms with Crippen LogP contribution in [0.1, 0.15) is 6.92 Å². The number of piperazine rings is 1. The summed E-state index contributed by atoms with van der Waals surface area (Å²) in [6.45, 7) is 5.78. The molecule has 144 valence electrons. The van der Waals surface area contributed by atoms with Crippen LogP contribution in [0.3, 0.4) is 0 Å². The smallest absolute Gasteiger partial charge is 0.251 e. The molecule has 0 bridgehead atoms. The molecule has 0 unspecified atom stereocenters. The third-order valence-corrected chi connectivity index (χ3v) is 4.96. The van der Waals surface area contributed by atoms with Gasteiger partial charge in [0.2, 0.25) is 0 Å². The zero-order chi connectivity index (χ0) is 19.3. The molecule has 7 heteroatoms. The Morgan fingerprint density at radius 3 is 2.32 bits per heavy atom. The minimum atomic E-state index is -0.177. The molecule has 0 spiro atoms. The first-order chi connectivity index (χ1) is 13.8. The van der Waals surface area contributed by atoms with Crippen LogP contribution in [0, 0.1) is 5.82 Å². The van der Waals surface area contributed by atoms with E-state index in [9.17, 15) is 4.39 Å². The Kier molecular flexibility index (Phi) is 5.32. The molecule has 0 saturated carbocycles. The Hall–Kier alpha value is -3.22. The number of aromatic nitrogens is 3. The van der Waals surface area contributed by atoms with Gasteiger partial charge in [-0.25, -0.2) is 4.39 Å². The van der Waals surface area contributed by atoms with E-state index >= 15 is 0 Å². The van der Waals surface area contributed by atoms with Gasteiger partial charge in [-0.15, -0.1) is 5.10 Å². The van der Waals surface area contributed by atoms with E-state index in [1.54, 1.807) is 12.3 Å². The predicted molar refractivity (Wildman–Crippen MR) is 110 cm³/mol. The SMILES string of the molecule is CCN(c1ccccc1)c1nncc(N2CCN(c3ccccc3F)CC2)n1. The molecule has 2 aromatic carbocycles. The number of nitrogens with zero attached hydrogens (tertiary/aromatic N) is 6. The van der Waals surface area contributed by atoms with Crippen LogP contribution in [0.4, 0.5) is 27.5 Å². The summed E-state index contributed by atoms with van der Waals surface area (Å²) in [5.41, 5.74) is 1.69. The molecule has 28 heavy (non-hydrogen) atoms. The quantitative estimate of drug-likeness (QED) is 0.677. The van der Waals surface area contributed by atoms with E-state index in [0.717, 1.165) is 44.2 Å². The number of para-hydroxylation sites is 2. The maximum absolute atomic E-state index is 14.0. The average molecular weight is 378 g/mol. The van der Waals surface area contributed by atoms with E-state index < -0.39 is 0 Å². The molecular formula is C21H23FN6. The Balaban J connectivity index is 1.49. The molecule has 0 amide bonds. The second-order valence-corrected chi connectivity index (χ2v) is 6.62. The minimum Gasteiger partial charge on any atom is -0.366 e. The lowest BCUT2D eigenvalue weighted by atomic mass is 10.2. The van der Waals surface area contributed by atoms with Gasteiger partial charge in [0.25, 0.3) is 5.95 Å². The first-order valence-corrected chi connectivity index (χ1v) is 9.53. The van der Waals surface area contributed by atoms with Gasteiger partial charge < -0.3 is 14.7 Å². The van der Waals surface area contributed by atoms with Crippen LogP contribution in [0.2, 0.25) is 0 Å². The van der Waals surface area contributed by atoms with Gasteiger partial charge in [-0.05, 0) is 31.2 Å². The highest BCUT2D eigenvalue weighted by molar-refractivity contribution is 5.58. The summed E-state index contributed by atoms with van der Waals surface area (Å²) in [6, 6.07) is 17.0. The number of hydrogen-bond donors (Lipinski definition) is 0. The molecule has 6 nitrogen and oxygen atoms in total. The summed E-state index contributed by atoms with van der Waals surface area (Å²) in [5.74, 6) is 1.21. The lowest BCUT2D eigenvalue weighted by Crippen LogP contribution is -2.47. The van der Waals surface area contributed by atoms with E-state index in [2.05, 4.69) is 26.9 Å². The summed E-state index contributed by atoms with van der Waals surface area (Å²) < 4.78 is 14.0. The van der Waals surface area contributed by atoms with Gasteiger partial charge in [0, 0.05) is 38.4 Å². The summed E-state index contributed by atoms with van der Waals surface area (Å²) >= 11 is 0. The lowest BCUT2D eigenvalue weighted by molar-refractivity contribution is 0.595. The molecule has 1 aliphatic heterocycles. The molecular weight excluding hydrogens is 355 g/mol. The molecule has 1 aromatic heterocycles. The summed E-state index contributed by atoms with van der Waals surface area (Å²) in [4.78, 5) is 11.0. The van der Waals surface area contributed by atoms with Crippen LogP contribution >= 0.6 is 0 Å². The maximum atomic E-state index is 14.0. The first-order valence-electron chi connectivity index (χ1n) is 9.53. The van der Waals surface area contributed by atoms with Gasteiger partial charge in [-0.3, -0.25) is 0 Å². The molecule has 4 rings (SSSR count). The zero-order valence-electron chi connectivity index (χ0n) is 15.9. The Bertz CT molecular complexity index is 912. The van der Waals surface area contributed by atoms with E-state index in [1.165, 1.54) is 6.07 Å². The van der Waals surface area contributed by atoms with Gasteiger partial charge in [0.05, 0.1) is 11.9 Å². The molecule has 1 saturated heterocycles. The Morgan fingerprint density at radius 2 is 1.61 bits per heavy atom. The van der Waals surface area contributed by atoms with Crippen LogP contribution in [0.15, 0.2) is 60.8 Å². The standard InChI is InChI=1S/C21H23FN6/c1-2-28(17-8-4-3-5-9-17)21-24-20(16-23-25-21)27-14-12-26(13-15-27)19-11-7-6-10-18(19)22/h3-11,16H,2,12-15H2,1H3. The van der Waals surface area contributed by atoms with E-state index in [1.807, 2.05) is 47.4 Å². The van der Waals surface area contributed by atoms with Gasteiger partial charge in [0.1, 0.15) is 5.82 Å². The highest BCUT2D eigenvalue weighted by Crippen LogP contribution is 2.24. The molecule has 0 atom stereocenters. The lowest BCUT2D eigenvalue weighted by Gasteiger charge is -2.36. The van der Waals surface area contributed by atoms with Crippen LogP contribution in [0.5, 0.6) is 0 Å². The van der Waals surface area contributed by atoms with Crippen molar-refractivity contribution in [3.8, 4) is 0 Å². The predicted octanol–water partition coefficient (Wildman–Crippen LogP) is 3.50. The summed E-state index contributed by atoms with van der Waals surface area (Å²) in [6.07, 6.45) is 1.70. The van der Waals surface area contributed by atoms with Gasteiger partial charge >= 0.3 is 0 Å². The van der Waals surface area contributed by atoms with Crippen LogP contribution in [-0.4, -0.2) is 47.9 Å². The fourth-order valence-corrected chi connectivity index (χ4v) is 3.48.